The van der Waals surface area contributed by atoms with Crippen LogP contribution >= 0.6 is 0 Å². The van der Waals surface area contributed by atoms with Crippen molar-refractivity contribution in [1.29, 1.82) is 0 Å². The number of nitrogens with two attached hydrogens (primary N) is 1. The first kappa shape index (κ1) is 11.2. The molecule has 0 spiro atoms. The Hall–Kier alpha value is -0.940. The van der Waals surface area contributed by atoms with Gasteiger partial charge in [0.15, 0.2) is 5.82 Å². The predicted octanol–water partition coefficient (Wildman–Crippen LogP) is 1.04. The Kier molecular flexibility index (Phi) is 2.88. The van der Waals surface area contributed by atoms with Crippen LogP contribution < -0.4 is 5.73 Å². The zero-order chi connectivity index (χ0) is 11.8. The van der Waals surface area contributed by atoms with Gasteiger partial charge < -0.3 is 15.0 Å². The van der Waals surface area contributed by atoms with Crippen molar-refractivity contribution in [1.82, 2.24) is 14.8 Å². The van der Waals surface area contributed by atoms with Gasteiger partial charge in [-0.2, -0.15) is 0 Å². The van der Waals surface area contributed by atoms with Crippen LogP contribution in [0, 0.1) is 5.92 Å². The molecule has 2 N–H and O–H groups in total. The Labute approximate surface area is 101 Å². The Morgan fingerprint density at radius 3 is 2.94 bits per heavy atom. The topological polar surface area (TPSA) is 66.0 Å². The van der Waals surface area contributed by atoms with Gasteiger partial charge in [-0.05, 0) is 38.6 Å². The third kappa shape index (κ3) is 1.98. The molecule has 2 aliphatic heterocycles. The van der Waals surface area contributed by atoms with Crippen LogP contribution in [0.4, 0.5) is 0 Å². The lowest BCUT2D eigenvalue weighted by atomic mass is 9.99. The molecule has 17 heavy (non-hydrogen) atoms. The molecule has 94 valence electrons. The Morgan fingerprint density at radius 2 is 2.24 bits per heavy atom. The summed E-state index contributed by atoms with van der Waals surface area (Å²) in [5.41, 5.74) is 5.77. The average molecular weight is 236 g/mol. The molecule has 0 aromatic carbocycles. The summed E-state index contributed by atoms with van der Waals surface area (Å²) >= 11 is 0. The second-order valence-electron chi connectivity index (χ2n) is 5.24. The van der Waals surface area contributed by atoms with Gasteiger partial charge in [0.2, 0.25) is 0 Å². The Balaban J connectivity index is 1.84. The van der Waals surface area contributed by atoms with E-state index in [0.29, 0.717) is 12.0 Å². The van der Waals surface area contributed by atoms with E-state index in [9.17, 15) is 0 Å². The van der Waals surface area contributed by atoms with Crippen molar-refractivity contribution in [2.75, 3.05) is 6.54 Å². The summed E-state index contributed by atoms with van der Waals surface area (Å²) in [6.07, 6.45) is 4.80. The van der Waals surface area contributed by atoms with Crippen LogP contribution in [-0.4, -0.2) is 27.4 Å². The second-order valence-corrected chi connectivity index (χ2v) is 5.24. The van der Waals surface area contributed by atoms with Crippen LogP contribution in [0.5, 0.6) is 0 Å². The summed E-state index contributed by atoms with van der Waals surface area (Å²) in [6, 6.07) is 0. The maximum Gasteiger partial charge on any atom is 0.162 e. The largest absolute Gasteiger partial charge is 0.367 e. The number of nitrogens with zero attached hydrogens (tertiary/aromatic N) is 3. The lowest BCUT2D eigenvalue weighted by Crippen LogP contribution is -2.28. The van der Waals surface area contributed by atoms with Gasteiger partial charge in [0, 0.05) is 13.0 Å². The van der Waals surface area contributed by atoms with Crippen molar-refractivity contribution in [2.24, 2.45) is 11.7 Å². The molecule has 3 rings (SSSR count). The zero-order valence-electron chi connectivity index (χ0n) is 10.3. The van der Waals surface area contributed by atoms with E-state index in [2.05, 4.69) is 21.7 Å². The Bertz CT molecular complexity index is 403. The number of rotatable bonds is 2. The maximum atomic E-state index is 5.89. The van der Waals surface area contributed by atoms with E-state index < -0.39 is 0 Å². The van der Waals surface area contributed by atoms with Gasteiger partial charge in [0.1, 0.15) is 11.9 Å². The highest BCUT2D eigenvalue weighted by Gasteiger charge is 2.31. The van der Waals surface area contributed by atoms with E-state index in [0.717, 1.165) is 50.4 Å². The molecule has 1 aromatic heterocycles. The monoisotopic (exact) mass is 236 g/mol. The molecule has 5 nitrogen and oxygen atoms in total. The van der Waals surface area contributed by atoms with Gasteiger partial charge >= 0.3 is 0 Å². The Morgan fingerprint density at radius 1 is 1.35 bits per heavy atom. The first-order chi connectivity index (χ1) is 8.28. The fraction of sp³-hybridized carbons (Fsp3) is 0.833. The standard InChI is InChI=1S/C12H20N4O/c1-8-2-4-10(17-8)12-15-14-11-5-3-9(6-13)7-16(11)12/h8-10H,2-7,13H2,1H3. The molecule has 1 aromatic rings. The minimum absolute atomic E-state index is 0.141. The van der Waals surface area contributed by atoms with Gasteiger partial charge in [0.05, 0.1) is 6.10 Å². The summed E-state index contributed by atoms with van der Waals surface area (Å²) < 4.78 is 8.13. The highest BCUT2D eigenvalue weighted by molar-refractivity contribution is 5.04. The van der Waals surface area contributed by atoms with Crippen molar-refractivity contribution in [3.63, 3.8) is 0 Å². The van der Waals surface area contributed by atoms with Crippen molar-refractivity contribution in [3.05, 3.63) is 11.6 Å². The molecule has 0 aliphatic carbocycles. The van der Waals surface area contributed by atoms with Gasteiger partial charge in [-0.3, -0.25) is 0 Å². The molecule has 0 bridgehead atoms. The van der Waals surface area contributed by atoms with Crippen molar-refractivity contribution < 1.29 is 4.74 Å². The normalized spacial score (nSPS) is 32.7. The highest BCUT2D eigenvalue weighted by atomic mass is 16.5. The molecule has 0 radical (unpaired) electrons. The molecule has 3 atom stereocenters. The molecule has 1 fully saturated rings. The third-order valence-corrected chi connectivity index (χ3v) is 3.93. The maximum absolute atomic E-state index is 5.89. The fourth-order valence-corrected chi connectivity index (χ4v) is 2.84. The average Bonchev–Trinajstić information content (AvgIpc) is 2.93. The SMILES string of the molecule is CC1CCC(c2nnc3n2CC(CN)CC3)O1. The number of hydrogen-bond acceptors (Lipinski definition) is 4. The molecule has 0 saturated carbocycles. The molecule has 2 aliphatic rings. The van der Waals surface area contributed by atoms with Crippen LogP contribution in [0.15, 0.2) is 0 Å². The van der Waals surface area contributed by atoms with Crippen molar-refractivity contribution in [3.8, 4) is 0 Å². The minimum Gasteiger partial charge on any atom is -0.367 e. The van der Waals surface area contributed by atoms with Gasteiger partial charge in [-0.1, -0.05) is 0 Å². The van der Waals surface area contributed by atoms with E-state index in [1.54, 1.807) is 0 Å². The van der Waals surface area contributed by atoms with E-state index in [1.165, 1.54) is 0 Å². The molecule has 1 saturated heterocycles. The van der Waals surface area contributed by atoms with Crippen LogP contribution in [-0.2, 0) is 17.7 Å². The summed E-state index contributed by atoms with van der Waals surface area (Å²) in [6.45, 7) is 3.83. The van der Waals surface area contributed by atoms with Crippen molar-refractivity contribution in [2.45, 2.75) is 51.4 Å². The number of fused-ring (bicyclic) bond motifs is 1. The predicted molar refractivity (Wildman–Crippen MR) is 63.4 cm³/mol. The van der Waals surface area contributed by atoms with E-state index >= 15 is 0 Å². The summed E-state index contributed by atoms with van der Waals surface area (Å²) in [4.78, 5) is 0. The molecular weight excluding hydrogens is 216 g/mol. The molecule has 3 unspecified atom stereocenters. The molecule has 5 heteroatoms. The summed E-state index contributed by atoms with van der Waals surface area (Å²) in [7, 11) is 0. The van der Waals surface area contributed by atoms with E-state index in [-0.39, 0.29) is 6.10 Å². The number of aryl methyl sites for hydroxylation is 1. The number of aromatic nitrogens is 3. The summed E-state index contributed by atoms with van der Waals surface area (Å²) in [5.74, 6) is 2.69. The molecule has 0 amide bonds. The molecular formula is C12H20N4O. The quantitative estimate of drug-likeness (QED) is 0.833. The van der Waals surface area contributed by atoms with E-state index in [4.69, 9.17) is 10.5 Å². The minimum atomic E-state index is 0.141. The number of hydrogen-bond donors (Lipinski definition) is 1. The first-order valence-electron chi connectivity index (χ1n) is 6.55. The second kappa shape index (κ2) is 4.38. The van der Waals surface area contributed by atoms with Gasteiger partial charge in [-0.25, -0.2) is 0 Å². The van der Waals surface area contributed by atoms with Crippen LogP contribution in [0.25, 0.3) is 0 Å². The highest BCUT2D eigenvalue weighted by Crippen LogP contribution is 2.33. The zero-order valence-corrected chi connectivity index (χ0v) is 10.3. The van der Waals surface area contributed by atoms with Crippen molar-refractivity contribution >= 4 is 0 Å². The lowest BCUT2D eigenvalue weighted by Gasteiger charge is -2.24. The third-order valence-electron chi connectivity index (χ3n) is 3.93. The van der Waals surface area contributed by atoms with Crippen LogP contribution in [0.1, 0.15) is 43.9 Å². The summed E-state index contributed by atoms with van der Waals surface area (Å²) in [5, 5.41) is 8.62. The van der Waals surface area contributed by atoms with Gasteiger partial charge in [-0.15, -0.1) is 10.2 Å². The van der Waals surface area contributed by atoms with Crippen LogP contribution in [0.2, 0.25) is 0 Å². The lowest BCUT2D eigenvalue weighted by molar-refractivity contribution is 0.0470. The first-order valence-corrected chi connectivity index (χ1v) is 6.55. The molecule has 3 heterocycles. The number of ether oxygens (including phenoxy) is 1. The van der Waals surface area contributed by atoms with Crippen LogP contribution in [0.3, 0.4) is 0 Å². The van der Waals surface area contributed by atoms with E-state index in [1.807, 2.05) is 0 Å². The smallest absolute Gasteiger partial charge is 0.162 e. The van der Waals surface area contributed by atoms with Gasteiger partial charge in [0.25, 0.3) is 0 Å². The fourth-order valence-electron chi connectivity index (χ4n) is 2.84.